The van der Waals surface area contributed by atoms with E-state index in [2.05, 4.69) is 198 Å². The first-order valence-electron chi connectivity index (χ1n) is 23.5. The molecule has 9 rings (SSSR count). The van der Waals surface area contributed by atoms with Crippen molar-refractivity contribution in [1.82, 2.24) is 9.55 Å². The third-order valence-electron chi connectivity index (χ3n) is 13.9. The van der Waals surface area contributed by atoms with Crippen molar-refractivity contribution in [3.05, 3.63) is 204 Å². The number of pyridine rings is 1. The SMILES string of the molecule is CCC(CC)[C@H](c1ccc(-c2cc3c4c(c2)c2ccccc2n4-c2ccccc2C3(c2ccccc2)c2ccccc2)cc1-c1ccccn1)C(C)O/C(=C\C(=O)C(C)(C)C)C(C)(C)C. The van der Waals surface area contributed by atoms with E-state index < -0.39 is 10.8 Å². The highest BCUT2D eigenvalue weighted by Crippen LogP contribution is 2.55. The van der Waals surface area contributed by atoms with Crippen molar-refractivity contribution in [2.45, 2.75) is 92.6 Å². The summed E-state index contributed by atoms with van der Waals surface area (Å²) in [5, 5.41) is 2.46. The average molecular weight is 855 g/mol. The highest BCUT2D eigenvalue weighted by Gasteiger charge is 2.45. The lowest BCUT2D eigenvalue weighted by molar-refractivity contribution is -0.121. The Morgan fingerprint density at radius 1 is 0.662 bits per heavy atom. The van der Waals surface area contributed by atoms with Crippen LogP contribution in [-0.4, -0.2) is 21.4 Å². The van der Waals surface area contributed by atoms with Crippen LogP contribution in [0.2, 0.25) is 0 Å². The molecule has 3 heterocycles. The number of hydrogen-bond acceptors (Lipinski definition) is 3. The first-order chi connectivity index (χ1) is 31.3. The minimum atomic E-state index is -0.610. The molecule has 65 heavy (non-hydrogen) atoms. The number of carbonyl (C=O) groups is 1. The van der Waals surface area contributed by atoms with Gasteiger partial charge in [0.25, 0.3) is 0 Å². The van der Waals surface area contributed by atoms with Gasteiger partial charge in [0.05, 0.1) is 27.8 Å². The van der Waals surface area contributed by atoms with Crippen LogP contribution in [0.25, 0.3) is 49.9 Å². The monoisotopic (exact) mass is 854 g/mol. The second kappa shape index (κ2) is 17.1. The van der Waals surface area contributed by atoms with Gasteiger partial charge >= 0.3 is 0 Å². The predicted octanol–water partition coefficient (Wildman–Crippen LogP) is 15.7. The van der Waals surface area contributed by atoms with E-state index in [1.807, 2.05) is 33.0 Å². The number of para-hydroxylation sites is 2. The van der Waals surface area contributed by atoms with Crippen molar-refractivity contribution >= 4 is 27.6 Å². The van der Waals surface area contributed by atoms with Crippen molar-refractivity contribution < 1.29 is 9.53 Å². The summed E-state index contributed by atoms with van der Waals surface area (Å²) in [6.45, 7) is 19.1. The number of nitrogens with zero attached hydrogens (tertiary/aromatic N) is 2. The van der Waals surface area contributed by atoms with Gasteiger partial charge in [0, 0.05) is 45.4 Å². The molecule has 0 spiro atoms. The Hall–Kier alpha value is -6.52. The lowest BCUT2D eigenvalue weighted by Crippen LogP contribution is -2.35. The Labute approximate surface area is 386 Å². The fourth-order valence-corrected chi connectivity index (χ4v) is 10.6. The number of fused-ring (bicyclic) bond motifs is 5. The molecule has 0 saturated heterocycles. The summed E-state index contributed by atoms with van der Waals surface area (Å²) in [5.74, 6) is 1.13. The van der Waals surface area contributed by atoms with E-state index in [9.17, 15) is 4.79 Å². The van der Waals surface area contributed by atoms with Gasteiger partial charge in [-0.3, -0.25) is 9.78 Å². The molecule has 1 unspecified atom stereocenters. The third kappa shape index (κ3) is 7.61. The quantitative estimate of drug-likeness (QED) is 0.0908. The Kier molecular flexibility index (Phi) is 11.5. The zero-order valence-electron chi connectivity index (χ0n) is 39.5. The number of benzene rings is 6. The molecule has 0 N–H and O–H groups in total. The van der Waals surface area contributed by atoms with Crippen LogP contribution >= 0.6 is 0 Å². The highest BCUT2D eigenvalue weighted by atomic mass is 16.5. The molecule has 1 aliphatic rings. The van der Waals surface area contributed by atoms with Gasteiger partial charge in [0.1, 0.15) is 11.9 Å². The molecule has 1 aliphatic heterocycles. The van der Waals surface area contributed by atoms with E-state index in [1.54, 1.807) is 6.08 Å². The maximum Gasteiger partial charge on any atom is 0.164 e. The van der Waals surface area contributed by atoms with E-state index in [1.165, 1.54) is 55.3 Å². The number of aromatic nitrogens is 2. The summed E-state index contributed by atoms with van der Waals surface area (Å²) in [6.07, 6.45) is 5.40. The number of ether oxygens (including phenoxy) is 1. The van der Waals surface area contributed by atoms with Crippen LogP contribution in [0.5, 0.6) is 0 Å². The second-order valence-corrected chi connectivity index (χ2v) is 20.1. The zero-order chi connectivity index (χ0) is 45.7. The highest BCUT2D eigenvalue weighted by molar-refractivity contribution is 6.13. The Balaban J connectivity index is 1.31. The van der Waals surface area contributed by atoms with E-state index in [-0.39, 0.29) is 23.2 Å². The number of carbonyl (C=O) groups excluding carboxylic acids is 1. The first-order valence-corrected chi connectivity index (χ1v) is 23.5. The fourth-order valence-electron chi connectivity index (χ4n) is 10.6. The summed E-state index contributed by atoms with van der Waals surface area (Å²) in [7, 11) is 0. The lowest BCUT2D eigenvalue weighted by Gasteiger charge is -2.42. The topological polar surface area (TPSA) is 44.1 Å². The zero-order valence-corrected chi connectivity index (χ0v) is 39.5. The van der Waals surface area contributed by atoms with Crippen LogP contribution in [-0.2, 0) is 14.9 Å². The molecule has 0 bridgehead atoms. The molecule has 0 aliphatic carbocycles. The summed E-state index contributed by atoms with van der Waals surface area (Å²) in [6, 6.07) is 58.1. The summed E-state index contributed by atoms with van der Waals surface area (Å²) in [4.78, 5) is 18.5. The minimum absolute atomic E-state index is 0.0217. The number of hydrogen-bond donors (Lipinski definition) is 0. The standard InChI is InChI=1S/C61H62N2O2/c1-10-41(11-2)57(40(3)65-56(60(7,8)9)39-55(64)59(4,5)6)47-34-33-42(36-48(47)52-30-22-23-35-62-52)43-37-49-46-28-18-20-31-53(46)63-54-32-21-19-29-50(54)61(51(38-43)58(49)63,44-24-14-12-15-25-44)45-26-16-13-17-27-45/h12-41,57H,10-11H2,1-9H3/b56-39-/t40?,57-/m1/s1. The smallest absolute Gasteiger partial charge is 0.164 e. The molecule has 0 fully saturated rings. The van der Waals surface area contributed by atoms with Crippen molar-refractivity contribution in [1.29, 1.82) is 0 Å². The largest absolute Gasteiger partial charge is 0.494 e. The molecule has 2 aromatic heterocycles. The molecule has 8 aromatic rings. The molecule has 2 atom stereocenters. The molecular formula is C61H62N2O2. The summed E-state index contributed by atoms with van der Waals surface area (Å²) >= 11 is 0. The first kappa shape index (κ1) is 43.7. The third-order valence-corrected chi connectivity index (χ3v) is 13.9. The van der Waals surface area contributed by atoms with E-state index in [0.717, 1.165) is 41.0 Å². The van der Waals surface area contributed by atoms with Crippen molar-refractivity contribution in [2.75, 3.05) is 0 Å². The van der Waals surface area contributed by atoms with E-state index in [4.69, 9.17) is 9.72 Å². The van der Waals surface area contributed by atoms with Crippen LogP contribution in [0.4, 0.5) is 0 Å². The lowest BCUT2D eigenvalue weighted by atomic mass is 9.63. The van der Waals surface area contributed by atoms with Gasteiger partial charge in [-0.15, -0.1) is 0 Å². The summed E-state index contributed by atoms with van der Waals surface area (Å²) < 4.78 is 9.57. The van der Waals surface area contributed by atoms with Gasteiger partial charge in [0.2, 0.25) is 0 Å². The molecule has 4 nitrogen and oxygen atoms in total. The van der Waals surface area contributed by atoms with Crippen LogP contribution in [0.15, 0.2) is 176 Å². The van der Waals surface area contributed by atoms with Crippen LogP contribution in [0.3, 0.4) is 0 Å². The number of rotatable bonds is 12. The second-order valence-electron chi connectivity index (χ2n) is 20.1. The molecule has 328 valence electrons. The van der Waals surface area contributed by atoms with Crippen molar-refractivity contribution in [3.8, 4) is 28.1 Å². The Morgan fingerprint density at radius 3 is 1.92 bits per heavy atom. The molecule has 0 radical (unpaired) electrons. The van der Waals surface area contributed by atoms with E-state index >= 15 is 0 Å². The molecule has 6 aromatic carbocycles. The fraction of sp³-hybridized carbons (Fsp3) is 0.279. The molecular weight excluding hydrogens is 793 g/mol. The van der Waals surface area contributed by atoms with Gasteiger partial charge in [0.15, 0.2) is 5.78 Å². The maximum absolute atomic E-state index is 13.5. The molecule has 0 saturated carbocycles. The number of allylic oxidation sites excluding steroid dienone is 2. The van der Waals surface area contributed by atoms with Crippen molar-refractivity contribution in [2.24, 2.45) is 16.7 Å². The molecule has 4 heteroatoms. The number of ketones is 1. The van der Waals surface area contributed by atoms with Crippen LogP contribution < -0.4 is 0 Å². The summed E-state index contributed by atoms with van der Waals surface area (Å²) in [5.41, 5.74) is 12.6. The Morgan fingerprint density at radius 2 is 1.29 bits per heavy atom. The van der Waals surface area contributed by atoms with E-state index in [0.29, 0.717) is 5.92 Å². The Bertz CT molecular complexity index is 2990. The van der Waals surface area contributed by atoms with Gasteiger partial charge < -0.3 is 9.30 Å². The van der Waals surface area contributed by atoms with Crippen molar-refractivity contribution in [3.63, 3.8) is 0 Å². The normalized spacial score (nSPS) is 14.6. The van der Waals surface area contributed by atoms with Gasteiger partial charge in [-0.25, -0.2) is 0 Å². The predicted molar refractivity (Wildman–Crippen MR) is 271 cm³/mol. The minimum Gasteiger partial charge on any atom is -0.494 e. The van der Waals surface area contributed by atoms with Gasteiger partial charge in [-0.05, 0) is 94.3 Å². The van der Waals surface area contributed by atoms with Crippen LogP contribution in [0, 0.1) is 16.7 Å². The molecule has 0 amide bonds. The average Bonchev–Trinajstić information content (AvgIpc) is 3.65. The van der Waals surface area contributed by atoms with Gasteiger partial charge in [-0.2, -0.15) is 0 Å². The van der Waals surface area contributed by atoms with Gasteiger partial charge in [-0.1, -0.05) is 183 Å². The van der Waals surface area contributed by atoms with Crippen LogP contribution in [0.1, 0.15) is 109 Å². The maximum atomic E-state index is 13.5.